The number of benzene rings is 1. The normalized spacial score (nSPS) is 10.7. The number of anilines is 1. The standard InChI is InChI=1S/C14H14N4O/c19-14-13-6-7-16-18(13)11-10-17(14)9-8-15-12-4-2-1-3-5-12/h1-7,10-11,15H,8-9H2. The Labute approximate surface area is 110 Å². The summed E-state index contributed by atoms with van der Waals surface area (Å²) in [5.41, 5.74) is 1.64. The first-order valence-corrected chi connectivity index (χ1v) is 6.16. The number of aromatic nitrogens is 3. The lowest BCUT2D eigenvalue weighted by molar-refractivity contribution is 0.688. The van der Waals surface area contributed by atoms with Crippen molar-refractivity contribution >= 4 is 11.2 Å². The van der Waals surface area contributed by atoms with Crippen LogP contribution in [0.15, 0.2) is 59.8 Å². The summed E-state index contributed by atoms with van der Waals surface area (Å²) in [6, 6.07) is 11.7. The van der Waals surface area contributed by atoms with Gasteiger partial charge >= 0.3 is 0 Å². The van der Waals surface area contributed by atoms with Crippen molar-refractivity contribution in [1.29, 1.82) is 0 Å². The van der Waals surface area contributed by atoms with Crippen molar-refractivity contribution in [2.24, 2.45) is 0 Å². The summed E-state index contributed by atoms with van der Waals surface area (Å²) in [6.45, 7) is 1.32. The zero-order chi connectivity index (χ0) is 13.1. The first kappa shape index (κ1) is 11.5. The zero-order valence-corrected chi connectivity index (χ0v) is 10.4. The van der Waals surface area contributed by atoms with Gasteiger partial charge in [0, 0.05) is 31.2 Å². The van der Waals surface area contributed by atoms with Crippen LogP contribution in [-0.2, 0) is 6.54 Å². The highest BCUT2D eigenvalue weighted by molar-refractivity contribution is 5.43. The molecule has 0 aliphatic carbocycles. The average Bonchev–Trinajstić information content (AvgIpc) is 2.92. The average molecular weight is 254 g/mol. The van der Waals surface area contributed by atoms with Crippen LogP contribution in [0, 0.1) is 0 Å². The lowest BCUT2D eigenvalue weighted by atomic mass is 10.3. The number of hydrogen-bond donors (Lipinski definition) is 1. The first-order valence-electron chi connectivity index (χ1n) is 6.16. The second-order valence-electron chi connectivity index (χ2n) is 4.25. The van der Waals surface area contributed by atoms with E-state index in [1.807, 2.05) is 30.3 Å². The molecule has 0 atom stereocenters. The van der Waals surface area contributed by atoms with E-state index in [-0.39, 0.29) is 5.56 Å². The van der Waals surface area contributed by atoms with E-state index in [2.05, 4.69) is 10.4 Å². The fraction of sp³-hybridized carbons (Fsp3) is 0.143. The molecule has 3 aromatic rings. The van der Waals surface area contributed by atoms with Crippen LogP contribution in [0.5, 0.6) is 0 Å². The summed E-state index contributed by atoms with van der Waals surface area (Å²) in [4.78, 5) is 12.1. The minimum Gasteiger partial charge on any atom is -0.383 e. The topological polar surface area (TPSA) is 51.3 Å². The molecule has 0 unspecified atom stereocenters. The van der Waals surface area contributed by atoms with Gasteiger partial charge < -0.3 is 9.88 Å². The molecule has 0 aliphatic heterocycles. The van der Waals surface area contributed by atoms with Crippen LogP contribution in [-0.4, -0.2) is 20.7 Å². The molecule has 96 valence electrons. The highest BCUT2D eigenvalue weighted by atomic mass is 16.1. The number of rotatable bonds is 4. The Morgan fingerprint density at radius 1 is 1.11 bits per heavy atom. The predicted octanol–water partition coefficient (Wildman–Crippen LogP) is 1.61. The summed E-state index contributed by atoms with van der Waals surface area (Å²) >= 11 is 0. The molecular weight excluding hydrogens is 240 g/mol. The number of nitrogens with zero attached hydrogens (tertiary/aromatic N) is 3. The Balaban J connectivity index is 1.72. The molecule has 5 heteroatoms. The van der Waals surface area contributed by atoms with Gasteiger partial charge in [0.05, 0.1) is 6.20 Å². The highest BCUT2D eigenvalue weighted by Crippen LogP contribution is 2.04. The molecule has 0 saturated carbocycles. The minimum atomic E-state index is -0.0186. The first-order chi connectivity index (χ1) is 9.34. The SMILES string of the molecule is O=c1c2ccnn2ccn1CCNc1ccccc1. The van der Waals surface area contributed by atoms with E-state index >= 15 is 0 Å². The molecule has 19 heavy (non-hydrogen) atoms. The van der Waals surface area contributed by atoms with Crippen molar-refractivity contribution in [1.82, 2.24) is 14.2 Å². The third-order valence-corrected chi connectivity index (χ3v) is 2.99. The van der Waals surface area contributed by atoms with E-state index in [1.165, 1.54) is 0 Å². The van der Waals surface area contributed by atoms with Gasteiger partial charge in [0.15, 0.2) is 0 Å². The summed E-state index contributed by atoms with van der Waals surface area (Å²) in [5, 5.41) is 7.32. The second kappa shape index (κ2) is 4.97. The Kier molecular flexibility index (Phi) is 3.02. The summed E-state index contributed by atoms with van der Waals surface area (Å²) < 4.78 is 3.27. The molecule has 5 nitrogen and oxygen atoms in total. The lowest BCUT2D eigenvalue weighted by Gasteiger charge is -2.08. The smallest absolute Gasteiger partial charge is 0.276 e. The van der Waals surface area contributed by atoms with E-state index in [1.54, 1.807) is 33.7 Å². The van der Waals surface area contributed by atoms with Gasteiger partial charge in [-0.2, -0.15) is 5.10 Å². The molecule has 0 amide bonds. The Bertz CT molecular complexity index is 730. The van der Waals surface area contributed by atoms with E-state index in [0.29, 0.717) is 18.6 Å². The maximum atomic E-state index is 12.1. The molecular formula is C14H14N4O. The van der Waals surface area contributed by atoms with E-state index in [9.17, 15) is 4.79 Å². The molecule has 0 spiro atoms. The van der Waals surface area contributed by atoms with Gasteiger partial charge in [-0.15, -0.1) is 0 Å². The Morgan fingerprint density at radius 2 is 1.95 bits per heavy atom. The fourth-order valence-electron chi connectivity index (χ4n) is 2.01. The highest BCUT2D eigenvalue weighted by Gasteiger charge is 2.02. The summed E-state index contributed by atoms with van der Waals surface area (Å²) in [7, 11) is 0. The third kappa shape index (κ3) is 2.35. The van der Waals surface area contributed by atoms with E-state index in [0.717, 1.165) is 5.69 Å². The van der Waals surface area contributed by atoms with E-state index in [4.69, 9.17) is 0 Å². The quantitative estimate of drug-likeness (QED) is 0.769. The third-order valence-electron chi connectivity index (χ3n) is 2.99. The maximum Gasteiger partial charge on any atom is 0.276 e. The number of nitrogens with one attached hydrogen (secondary N) is 1. The van der Waals surface area contributed by atoms with Crippen molar-refractivity contribution in [3.8, 4) is 0 Å². The van der Waals surface area contributed by atoms with Gasteiger partial charge in [-0.05, 0) is 18.2 Å². The summed E-state index contributed by atoms with van der Waals surface area (Å²) in [5.74, 6) is 0. The van der Waals surface area contributed by atoms with Gasteiger partial charge in [-0.25, -0.2) is 4.52 Å². The molecule has 2 heterocycles. The molecule has 3 rings (SSSR count). The van der Waals surface area contributed by atoms with Crippen LogP contribution in [0.25, 0.3) is 5.52 Å². The van der Waals surface area contributed by atoms with Crippen LogP contribution in [0.4, 0.5) is 5.69 Å². The molecule has 2 aromatic heterocycles. The predicted molar refractivity (Wildman–Crippen MR) is 74.4 cm³/mol. The lowest BCUT2D eigenvalue weighted by Crippen LogP contribution is -2.24. The molecule has 1 aromatic carbocycles. The minimum absolute atomic E-state index is 0.0186. The molecule has 0 bridgehead atoms. The van der Waals surface area contributed by atoms with E-state index < -0.39 is 0 Å². The van der Waals surface area contributed by atoms with Crippen molar-refractivity contribution in [2.45, 2.75) is 6.54 Å². The maximum absolute atomic E-state index is 12.1. The Hall–Kier alpha value is -2.56. The van der Waals surface area contributed by atoms with Crippen LogP contribution in [0.1, 0.15) is 0 Å². The molecule has 0 saturated heterocycles. The number of fused-ring (bicyclic) bond motifs is 1. The molecule has 0 aliphatic rings. The van der Waals surface area contributed by atoms with Gasteiger partial charge in [0.2, 0.25) is 0 Å². The van der Waals surface area contributed by atoms with Crippen LogP contribution in [0.2, 0.25) is 0 Å². The van der Waals surface area contributed by atoms with Gasteiger partial charge in [0.1, 0.15) is 5.52 Å². The van der Waals surface area contributed by atoms with Gasteiger partial charge in [0.25, 0.3) is 5.56 Å². The van der Waals surface area contributed by atoms with Crippen molar-refractivity contribution in [2.75, 3.05) is 11.9 Å². The number of hydrogen-bond acceptors (Lipinski definition) is 3. The van der Waals surface area contributed by atoms with Crippen molar-refractivity contribution in [3.63, 3.8) is 0 Å². The Morgan fingerprint density at radius 3 is 2.79 bits per heavy atom. The van der Waals surface area contributed by atoms with Crippen LogP contribution in [0.3, 0.4) is 0 Å². The van der Waals surface area contributed by atoms with Crippen molar-refractivity contribution in [3.05, 3.63) is 65.3 Å². The van der Waals surface area contributed by atoms with Crippen molar-refractivity contribution < 1.29 is 0 Å². The molecule has 0 radical (unpaired) electrons. The van der Waals surface area contributed by atoms with Gasteiger partial charge in [-0.1, -0.05) is 18.2 Å². The number of para-hydroxylation sites is 1. The molecule has 0 fully saturated rings. The van der Waals surface area contributed by atoms with Crippen LogP contribution < -0.4 is 10.9 Å². The fourth-order valence-corrected chi connectivity index (χ4v) is 2.01. The summed E-state index contributed by atoms with van der Waals surface area (Å²) in [6.07, 6.45) is 5.18. The van der Waals surface area contributed by atoms with Crippen LogP contribution >= 0.6 is 0 Å². The zero-order valence-electron chi connectivity index (χ0n) is 10.4. The van der Waals surface area contributed by atoms with Gasteiger partial charge in [-0.3, -0.25) is 4.79 Å². The monoisotopic (exact) mass is 254 g/mol. The second-order valence-corrected chi connectivity index (χ2v) is 4.25. The largest absolute Gasteiger partial charge is 0.383 e. The molecule has 1 N–H and O–H groups in total.